The van der Waals surface area contributed by atoms with Crippen molar-refractivity contribution < 1.29 is 23.9 Å². The average Bonchev–Trinajstić information content (AvgIpc) is 2.64. The number of ether oxygens (including phenoxy) is 2. The van der Waals surface area contributed by atoms with Crippen LogP contribution in [0, 0.1) is 0 Å². The van der Waals surface area contributed by atoms with Gasteiger partial charge in [-0.1, -0.05) is 24.3 Å². The lowest BCUT2D eigenvalue weighted by molar-refractivity contribution is -0.145. The van der Waals surface area contributed by atoms with Crippen LogP contribution in [0.3, 0.4) is 0 Å². The van der Waals surface area contributed by atoms with E-state index in [1.807, 2.05) is 0 Å². The summed E-state index contributed by atoms with van der Waals surface area (Å²) >= 11 is 0. The van der Waals surface area contributed by atoms with Crippen LogP contribution in [0.1, 0.15) is 17.2 Å². The first-order chi connectivity index (χ1) is 10.1. The number of hydrogen-bond acceptors (Lipinski definition) is 5. The van der Waals surface area contributed by atoms with E-state index in [1.54, 1.807) is 24.3 Å². The average molecular weight is 292 g/mol. The second kappa shape index (κ2) is 6.25. The van der Waals surface area contributed by atoms with Gasteiger partial charge in [0.15, 0.2) is 6.04 Å². The van der Waals surface area contributed by atoms with Crippen LogP contribution in [-0.4, -0.2) is 38.2 Å². The van der Waals surface area contributed by atoms with Gasteiger partial charge < -0.3 is 20.1 Å². The third-order valence-electron chi connectivity index (χ3n) is 3.31. The molecule has 0 saturated heterocycles. The number of alkyl carbamates (subject to hydrolysis) is 1. The van der Waals surface area contributed by atoms with Crippen molar-refractivity contribution in [2.75, 3.05) is 14.2 Å². The van der Waals surface area contributed by atoms with Gasteiger partial charge in [-0.3, -0.25) is 4.79 Å². The molecule has 0 aromatic heterocycles. The van der Waals surface area contributed by atoms with Crippen LogP contribution in [0.15, 0.2) is 24.3 Å². The molecule has 112 valence electrons. The highest BCUT2D eigenvalue weighted by atomic mass is 16.5. The van der Waals surface area contributed by atoms with Gasteiger partial charge in [0, 0.05) is 6.42 Å². The molecule has 2 rings (SSSR count). The van der Waals surface area contributed by atoms with Crippen LogP contribution in [0.25, 0.3) is 0 Å². The van der Waals surface area contributed by atoms with Crippen LogP contribution in [-0.2, 0) is 25.5 Å². The first kappa shape index (κ1) is 14.8. The molecule has 0 saturated carbocycles. The number of amides is 2. The van der Waals surface area contributed by atoms with Crippen molar-refractivity contribution in [1.82, 2.24) is 10.6 Å². The molecule has 7 nitrogen and oxygen atoms in total. The second-order valence-corrected chi connectivity index (χ2v) is 4.56. The Morgan fingerprint density at radius 3 is 2.62 bits per heavy atom. The minimum Gasteiger partial charge on any atom is -0.467 e. The molecule has 0 unspecified atom stereocenters. The lowest BCUT2D eigenvalue weighted by Gasteiger charge is -2.17. The van der Waals surface area contributed by atoms with Crippen molar-refractivity contribution in [1.29, 1.82) is 0 Å². The summed E-state index contributed by atoms with van der Waals surface area (Å²) in [7, 11) is 2.47. The van der Waals surface area contributed by atoms with Crippen molar-refractivity contribution in [3.63, 3.8) is 0 Å². The number of esters is 1. The molecular weight excluding hydrogens is 276 g/mol. The molecule has 0 fully saturated rings. The van der Waals surface area contributed by atoms with Crippen molar-refractivity contribution in [2.45, 2.75) is 18.5 Å². The number of fused-ring (bicyclic) bond motifs is 1. The number of carbonyl (C=O) groups excluding carboxylic acids is 3. The maximum atomic E-state index is 12.2. The van der Waals surface area contributed by atoms with Crippen LogP contribution >= 0.6 is 0 Å². The van der Waals surface area contributed by atoms with Crippen molar-refractivity contribution >= 4 is 18.0 Å². The molecule has 0 spiro atoms. The first-order valence-electron chi connectivity index (χ1n) is 6.37. The lowest BCUT2D eigenvalue weighted by Crippen LogP contribution is -2.48. The summed E-state index contributed by atoms with van der Waals surface area (Å²) in [5.41, 5.74) is 1.44. The van der Waals surface area contributed by atoms with E-state index in [4.69, 9.17) is 4.74 Å². The minimum atomic E-state index is -0.886. The predicted molar refractivity (Wildman–Crippen MR) is 72.4 cm³/mol. The fraction of sp³-hybridized carbons (Fsp3) is 0.357. The molecule has 2 atom stereocenters. The zero-order chi connectivity index (χ0) is 15.4. The van der Waals surface area contributed by atoms with Gasteiger partial charge in [0.25, 0.3) is 0 Å². The largest absolute Gasteiger partial charge is 0.467 e. The van der Waals surface area contributed by atoms with E-state index in [2.05, 4.69) is 15.4 Å². The molecule has 0 radical (unpaired) electrons. The summed E-state index contributed by atoms with van der Waals surface area (Å²) in [5.74, 6) is -1.03. The molecule has 0 aliphatic carbocycles. The highest BCUT2D eigenvalue weighted by Gasteiger charge is 2.34. The van der Waals surface area contributed by atoms with Gasteiger partial charge in [-0.25, -0.2) is 9.59 Å². The number of benzene rings is 1. The first-order valence-corrected chi connectivity index (χ1v) is 6.37. The van der Waals surface area contributed by atoms with Crippen LogP contribution in [0.5, 0.6) is 0 Å². The number of nitrogens with one attached hydrogen (secondary N) is 2. The van der Waals surface area contributed by atoms with Crippen LogP contribution in [0.4, 0.5) is 4.79 Å². The highest BCUT2D eigenvalue weighted by Crippen LogP contribution is 2.24. The predicted octanol–water partition coefficient (Wildman–Crippen LogP) is 0.298. The van der Waals surface area contributed by atoms with E-state index in [9.17, 15) is 14.4 Å². The number of hydrogen-bond donors (Lipinski definition) is 2. The van der Waals surface area contributed by atoms with Gasteiger partial charge in [-0.15, -0.1) is 0 Å². The quantitative estimate of drug-likeness (QED) is 0.765. The zero-order valence-corrected chi connectivity index (χ0v) is 11.7. The Labute approximate surface area is 121 Å². The van der Waals surface area contributed by atoms with E-state index in [-0.39, 0.29) is 6.42 Å². The molecule has 2 amide bonds. The zero-order valence-electron chi connectivity index (χ0n) is 11.7. The summed E-state index contributed by atoms with van der Waals surface area (Å²) in [6, 6.07) is 5.43. The van der Waals surface area contributed by atoms with Crippen LogP contribution < -0.4 is 10.6 Å². The smallest absolute Gasteiger partial charge is 0.407 e. The number of rotatable bonds is 2. The van der Waals surface area contributed by atoms with E-state index in [0.717, 1.165) is 5.56 Å². The fourth-order valence-corrected chi connectivity index (χ4v) is 2.26. The Balaban J connectivity index is 2.35. The van der Waals surface area contributed by atoms with Gasteiger partial charge in [-0.05, 0) is 11.1 Å². The lowest BCUT2D eigenvalue weighted by atomic mass is 9.98. The molecule has 7 heteroatoms. The highest BCUT2D eigenvalue weighted by molar-refractivity contribution is 5.91. The van der Waals surface area contributed by atoms with Gasteiger partial charge in [-0.2, -0.15) is 0 Å². The number of methoxy groups -OCH3 is 2. The molecular formula is C14H16N2O5. The Hall–Kier alpha value is -2.57. The standard InChI is InChI=1S/C14H16N2O5/c1-20-13(18)11-9-6-4-3-5-8(9)7-10(12(17)16-11)15-14(19)21-2/h3-6,10-11H,7H2,1-2H3,(H,15,19)(H,16,17)/t10-,11-/m0/s1. The molecule has 1 aliphatic heterocycles. The summed E-state index contributed by atoms with van der Waals surface area (Å²) in [6.45, 7) is 0. The summed E-state index contributed by atoms with van der Waals surface area (Å²) in [4.78, 5) is 35.4. The van der Waals surface area contributed by atoms with Crippen molar-refractivity contribution in [2.24, 2.45) is 0 Å². The summed E-state index contributed by atoms with van der Waals surface area (Å²) in [5, 5.41) is 5.03. The van der Waals surface area contributed by atoms with Crippen molar-refractivity contribution in [3.8, 4) is 0 Å². The molecule has 1 aliphatic rings. The topological polar surface area (TPSA) is 93.7 Å². The van der Waals surface area contributed by atoms with Gasteiger partial charge in [0.1, 0.15) is 6.04 Å². The van der Waals surface area contributed by atoms with Crippen molar-refractivity contribution in [3.05, 3.63) is 35.4 Å². The molecule has 1 heterocycles. The third-order valence-corrected chi connectivity index (χ3v) is 3.31. The monoisotopic (exact) mass is 292 g/mol. The Morgan fingerprint density at radius 2 is 1.95 bits per heavy atom. The Morgan fingerprint density at radius 1 is 1.24 bits per heavy atom. The fourth-order valence-electron chi connectivity index (χ4n) is 2.26. The summed E-state index contributed by atoms with van der Waals surface area (Å²) in [6.07, 6.45) is -0.436. The summed E-state index contributed by atoms with van der Waals surface area (Å²) < 4.78 is 9.23. The second-order valence-electron chi connectivity index (χ2n) is 4.56. The van der Waals surface area contributed by atoms with E-state index < -0.39 is 30.1 Å². The van der Waals surface area contributed by atoms with Gasteiger partial charge in [0.05, 0.1) is 14.2 Å². The molecule has 1 aromatic carbocycles. The third kappa shape index (κ3) is 3.13. The molecule has 21 heavy (non-hydrogen) atoms. The SMILES string of the molecule is COC(=O)N[C@H]1Cc2ccccc2[C@@H](C(=O)OC)NC1=O. The maximum absolute atomic E-state index is 12.2. The van der Waals surface area contributed by atoms with E-state index in [1.165, 1.54) is 14.2 Å². The molecule has 0 bridgehead atoms. The molecule has 2 N–H and O–H groups in total. The van der Waals surface area contributed by atoms with Crippen LogP contribution in [0.2, 0.25) is 0 Å². The van der Waals surface area contributed by atoms with E-state index in [0.29, 0.717) is 5.56 Å². The normalized spacial score (nSPS) is 20.6. The van der Waals surface area contributed by atoms with Gasteiger partial charge in [0.2, 0.25) is 5.91 Å². The minimum absolute atomic E-state index is 0.268. The Bertz CT molecular complexity index is 572. The van der Waals surface area contributed by atoms with Gasteiger partial charge >= 0.3 is 12.1 Å². The number of carbonyl (C=O) groups is 3. The Kier molecular flexibility index (Phi) is 4.42. The maximum Gasteiger partial charge on any atom is 0.407 e. The van der Waals surface area contributed by atoms with E-state index >= 15 is 0 Å². The molecule has 1 aromatic rings.